The van der Waals surface area contributed by atoms with E-state index < -0.39 is 27.9 Å². The molecule has 1 fully saturated rings. The Bertz CT molecular complexity index is 1710. The van der Waals surface area contributed by atoms with Crippen molar-refractivity contribution in [3.63, 3.8) is 0 Å². The molecule has 1 saturated carbocycles. The highest BCUT2D eigenvalue weighted by molar-refractivity contribution is 7.90. The molecule has 11 heteroatoms. The minimum absolute atomic E-state index is 0.0542. The first-order valence-corrected chi connectivity index (χ1v) is 17.4. The fraction of sp³-hybridized carbons (Fsp3) is 0.343. The van der Waals surface area contributed by atoms with E-state index in [1.165, 1.54) is 12.1 Å². The molecule has 3 aromatic carbocycles. The predicted octanol–water partition coefficient (Wildman–Crippen LogP) is 5.91. The Kier molecular flexibility index (Phi) is 10.8. The Labute approximate surface area is 274 Å². The minimum atomic E-state index is -3.85. The number of rotatable bonds is 14. The molecule has 1 heterocycles. The molecule has 3 N–H and O–H groups in total. The normalized spacial score (nSPS) is 19.0. The maximum atomic E-state index is 13.1. The summed E-state index contributed by atoms with van der Waals surface area (Å²) in [4.78, 5) is 39.5. The van der Waals surface area contributed by atoms with Crippen LogP contribution < -0.4 is 15.2 Å². The average molecular weight is 664 g/mol. The van der Waals surface area contributed by atoms with Gasteiger partial charge in [-0.1, -0.05) is 66.9 Å². The summed E-state index contributed by atoms with van der Waals surface area (Å²) in [5, 5.41) is 0.571. The molecule has 1 aliphatic carbocycles. The molecule has 0 bridgehead atoms. The Balaban J connectivity index is 1.01. The number of nitrogens with zero attached hydrogens (tertiary/aromatic N) is 1. The number of fused-ring (bicyclic) bond motifs is 1. The predicted molar refractivity (Wildman–Crippen MR) is 175 cm³/mol. The summed E-state index contributed by atoms with van der Waals surface area (Å²) in [5.41, 5.74) is 7.61. The lowest BCUT2D eigenvalue weighted by atomic mass is 9.92. The number of amides is 3. The van der Waals surface area contributed by atoms with Crippen molar-refractivity contribution in [1.82, 2.24) is 9.62 Å². The van der Waals surface area contributed by atoms with Crippen LogP contribution in [-0.2, 0) is 37.4 Å². The van der Waals surface area contributed by atoms with E-state index in [2.05, 4.69) is 4.72 Å². The first-order valence-electron chi connectivity index (χ1n) is 15.5. The van der Waals surface area contributed by atoms with Crippen LogP contribution in [0, 0.1) is 11.8 Å². The highest BCUT2D eigenvalue weighted by Crippen LogP contribution is 2.40. The molecule has 3 atom stereocenters. The molecule has 0 aromatic heterocycles. The fourth-order valence-corrected chi connectivity index (χ4v) is 6.94. The maximum absolute atomic E-state index is 13.1. The van der Waals surface area contributed by atoms with Gasteiger partial charge in [-0.3, -0.25) is 14.4 Å². The van der Waals surface area contributed by atoms with Crippen molar-refractivity contribution in [2.75, 3.05) is 0 Å². The van der Waals surface area contributed by atoms with Crippen molar-refractivity contribution in [2.24, 2.45) is 17.6 Å². The van der Waals surface area contributed by atoms with E-state index in [1.54, 1.807) is 41.3 Å². The third-order valence-corrected chi connectivity index (χ3v) is 9.95. The monoisotopic (exact) mass is 663 g/mol. The highest BCUT2D eigenvalue weighted by atomic mass is 35.5. The topological polar surface area (TPSA) is 136 Å². The lowest BCUT2D eigenvalue weighted by Gasteiger charge is -2.35. The summed E-state index contributed by atoms with van der Waals surface area (Å²) in [6, 6.07) is 19.9. The number of allylic oxidation sites excluding steroid dienone is 2. The molecular weight excluding hydrogens is 626 g/mol. The molecule has 0 saturated heterocycles. The Morgan fingerprint density at radius 3 is 2.46 bits per heavy atom. The lowest BCUT2D eigenvalue weighted by Crippen LogP contribution is -2.51. The number of halogens is 1. The maximum Gasteiger partial charge on any atom is 0.264 e. The zero-order valence-electron chi connectivity index (χ0n) is 25.4. The summed E-state index contributed by atoms with van der Waals surface area (Å²) in [7, 11) is -3.85. The zero-order chi connectivity index (χ0) is 32.7. The molecule has 0 radical (unpaired) electrons. The summed E-state index contributed by atoms with van der Waals surface area (Å²) in [6.45, 7) is 0.322. The van der Waals surface area contributed by atoms with Gasteiger partial charge in [0.05, 0.1) is 4.90 Å². The first-order chi connectivity index (χ1) is 22.1. The molecule has 3 aromatic rings. The lowest BCUT2D eigenvalue weighted by molar-refractivity contribution is -0.140. The van der Waals surface area contributed by atoms with Gasteiger partial charge in [-0.05, 0) is 85.2 Å². The standard InChI is InChI=1S/C35H38ClN3O6S/c36-27-12-10-13-28(22-27)45-29-18-17-25-23-39(32(34(37)41)21-26(25)19-29)33(40)16-9-4-2-1-3-6-11-24-20-31(24)35(42)38-46(43,44)30-14-7-5-8-15-30/h5-8,10-15,17-19,22,24,31-32H,1-4,9,16,20-21,23H2,(H2,37,41)(H,38,42)/b11-6-/t24-,31+,32?/m1/s1. The van der Waals surface area contributed by atoms with Gasteiger partial charge in [0.25, 0.3) is 10.0 Å². The number of unbranched alkanes of at least 4 members (excludes halogenated alkanes) is 4. The molecule has 2 aliphatic rings. The second-order valence-electron chi connectivity index (χ2n) is 11.8. The largest absolute Gasteiger partial charge is 0.457 e. The van der Waals surface area contributed by atoms with Crippen LogP contribution in [0.5, 0.6) is 11.5 Å². The number of nitrogens with two attached hydrogens (primary N) is 1. The Hall–Kier alpha value is -4.15. The van der Waals surface area contributed by atoms with Crippen LogP contribution in [0.15, 0.2) is 89.8 Å². The minimum Gasteiger partial charge on any atom is -0.457 e. The van der Waals surface area contributed by atoms with Crippen molar-refractivity contribution in [2.45, 2.75) is 68.8 Å². The van der Waals surface area contributed by atoms with Gasteiger partial charge in [0, 0.05) is 30.3 Å². The number of ether oxygens (including phenoxy) is 1. The number of nitrogens with one attached hydrogen (secondary N) is 1. The Morgan fingerprint density at radius 2 is 1.70 bits per heavy atom. The number of hydrogen-bond acceptors (Lipinski definition) is 6. The van der Waals surface area contributed by atoms with Gasteiger partial charge in [0.1, 0.15) is 17.5 Å². The number of primary amides is 1. The molecule has 242 valence electrons. The second-order valence-corrected chi connectivity index (χ2v) is 13.9. The van der Waals surface area contributed by atoms with Crippen molar-refractivity contribution in [3.8, 4) is 11.5 Å². The van der Waals surface area contributed by atoms with Crippen LogP contribution in [0.3, 0.4) is 0 Å². The molecule has 46 heavy (non-hydrogen) atoms. The van der Waals surface area contributed by atoms with Crippen molar-refractivity contribution < 1.29 is 27.5 Å². The summed E-state index contributed by atoms with van der Waals surface area (Å²) < 4.78 is 32.8. The third kappa shape index (κ3) is 8.76. The average Bonchev–Trinajstić information content (AvgIpc) is 3.81. The molecule has 1 aliphatic heterocycles. The van der Waals surface area contributed by atoms with Gasteiger partial charge in [-0.25, -0.2) is 13.1 Å². The highest BCUT2D eigenvalue weighted by Gasteiger charge is 2.42. The molecule has 1 unspecified atom stereocenters. The van der Waals surface area contributed by atoms with Gasteiger partial charge in [0.15, 0.2) is 0 Å². The van der Waals surface area contributed by atoms with Gasteiger partial charge in [-0.15, -0.1) is 0 Å². The van der Waals surface area contributed by atoms with E-state index in [1.807, 2.05) is 36.4 Å². The van der Waals surface area contributed by atoms with Crippen LogP contribution in [0.1, 0.15) is 56.1 Å². The van der Waals surface area contributed by atoms with Crippen LogP contribution in [0.4, 0.5) is 0 Å². The zero-order valence-corrected chi connectivity index (χ0v) is 27.0. The van der Waals surface area contributed by atoms with E-state index in [4.69, 9.17) is 22.1 Å². The van der Waals surface area contributed by atoms with E-state index in [-0.39, 0.29) is 22.6 Å². The van der Waals surface area contributed by atoms with Gasteiger partial charge < -0.3 is 15.4 Å². The molecule has 3 amide bonds. The molecular formula is C35H38ClN3O6S. The first kappa shape index (κ1) is 33.2. The quantitative estimate of drug-likeness (QED) is 0.163. The molecule has 5 rings (SSSR count). The fourth-order valence-electron chi connectivity index (χ4n) is 5.71. The van der Waals surface area contributed by atoms with E-state index in [9.17, 15) is 22.8 Å². The molecule has 0 spiro atoms. The summed E-state index contributed by atoms with van der Waals surface area (Å²) in [6.07, 6.45) is 9.67. The van der Waals surface area contributed by atoms with Crippen molar-refractivity contribution >= 4 is 39.3 Å². The van der Waals surface area contributed by atoms with Crippen LogP contribution in [-0.4, -0.2) is 37.1 Å². The van der Waals surface area contributed by atoms with Crippen molar-refractivity contribution in [3.05, 3.63) is 101 Å². The van der Waals surface area contributed by atoms with E-state index in [0.29, 0.717) is 48.7 Å². The van der Waals surface area contributed by atoms with Crippen LogP contribution in [0.2, 0.25) is 5.02 Å². The van der Waals surface area contributed by atoms with Crippen LogP contribution >= 0.6 is 11.6 Å². The smallest absolute Gasteiger partial charge is 0.264 e. The summed E-state index contributed by atoms with van der Waals surface area (Å²) >= 11 is 6.06. The number of hydrogen-bond donors (Lipinski definition) is 2. The summed E-state index contributed by atoms with van der Waals surface area (Å²) in [5.74, 6) is -0.115. The molecule has 9 nitrogen and oxygen atoms in total. The van der Waals surface area contributed by atoms with Gasteiger partial charge >= 0.3 is 0 Å². The van der Waals surface area contributed by atoms with E-state index >= 15 is 0 Å². The number of carbonyl (C=O) groups is 3. The number of carbonyl (C=O) groups excluding carboxylic acids is 3. The Morgan fingerprint density at radius 1 is 0.935 bits per heavy atom. The van der Waals surface area contributed by atoms with Gasteiger partial charge in [0.2, 0.25) is 17.7 Å². The SMILES string of the molecule is NC(=O)C1Cc2cc(Oc3cccc(Cl)c3)ccc2CN1C(=O)CCCCCC/C=C\[C@@H]1C[C@@H]1C(=O)NS(=O)(=O)c1ccccc1. The van der Waals surface area contributed by atoms with E-state index in [0.717, 1.165) is 36.8 Å². The second kappa shape index (κ2) is 15.0. The van der Waals surface area contributed by atoms with Crippen LogP contribution in [0.25, 0.3) is 0 Å². The number of sulfonamides is 1. The number of benzene rings is 3. The van der Waals surface area contributed by atoms with Crippen molar-refractivity contribution in [1.29, 1.82) is 0 Å². The van der Waals surface area contributed by atoms with Gasteiger partial charge in [-0.2, -0.15) is 0 Å². The third-order valence-electron chi connectivity index (χ3n) is 8.35.